The Morgan fingerprint density at radius 1 is 0.710 bits per heavy atom. The Hall–Kier alpha value is -1.06. The van der Waals surface area contributed by atoms with Gasteiger partial charge in [0.2, 0.25) is 0 Å². The summed E-state index contributed by atoms with van der Waals surface area (Å²) < 4.78 is 11.9. The lowest BCUT2D eigenvalue weighted by Crippen LogP contribution is -2.51. The number of rotatable bonds is 7. The molecule has 2 rings (SSSR count). The summed E-state index contributed by atoms with van der Waals surface area (Å²) in [5.41, 5.74) is -1.01. The normalized spacial score (nSPS) is 22.4. The summed E-state index contributed by atoms with van der Waals surface area (Å²) in [5.74, 6) is -0.385. The Labute approximate surface area is 191 Å². The van der Waals surface area contributed by atoms with Gasteiger partial charge in [0.05, 0.1) is 24.5 Å². The van der Waals surface area contributed by atoms with Crippen molar-refractivity contribution in [3.8, 4) is 0 Å². The molecule has 2 aliphatic rings. The predicted octanol–water partition coefficient (Wildman–Crippen LogP) is 6.95. The van der Waals surface area contributed by atoms with Crippen molar-refractivity contribution in [1.29, 1.82) is 0 Å². The molecule has 2 saturated carbocycles. The van der Waals surface area contributed by atoms with Crippen LogP contribution in [0.25, 0.3) is 0 Å². The highest BCUT2D eigenvalue weighted by atomic mass is 16.5. The van der Waals surface area contributed by atoms with Gasteiger partial charge in [-0.2, -0.15) is 0 Å². The summed E-state index contributed by atoms with van der Waals surface area (Å²) in [6.07, 6.45) is 10.9. The van der Waals surface area contributed by atoms with Gasteiger partial charge in [0.1, 0.15) is 0 Å². The van der Waals surface area contributed by atoms with Crippen LogP contribution in [-0.2, 0) is 19.1 Å². The van der Waals surface area contributed by atoms with Crippen LogP contribution in [0.15, 0.2) is 0 Å². The minimum absolute atomic E-state index is 0.0965. The van der Waals surface area contributed by atoms with E-state index < -0.39 is 11.3 Å². The zero-order chi connectivity index (χ0) is 23.3. The second-order valence-corrected chi connectivity index (χ2v) is 12.8. The van der Waals surface area contributed by atoms with Crippen molar-refractivity contribution in [1.82, 2.24) is 0 Å². The lowest BCUT2D eigenvalue weighted by Gasteiger charge is -2.46. The van der Waals surface area contributed by atoms with E-state index in [4.69, 9.17) is 9.47 Å². The molecule has 0 heterocycles. The van der Waals surface area contributed by atoms with E-state index in [2.05, 4.69) is 41.5 Å². The minimum atomic E-state index is -0.817. The molecule has 0 N–H and O–H groups in total. The molecule has 0 aromatic carbocycles. The largest absolute Gasteiger partial charge is 0.465 e. The fourth-order valence-electron chi connectivity index (χ4n) is 5.46. The fraction of sp³-hybridized carbons (Fsp3) is 0.926. The second kappa shape index (κ2) is 10.7. The monoisotopic (exact) mass is 436 g/mol. The first-order chi connectivity index (χ1) is 14.3. The number of carbonyl (C=O) groups excluding carboxylic acids is 2. The third-order valence-corrected chi connectivity index (χ3v) is 7.20. The van der Waals surface area contributed by atoms with Gasteiger partial charge in [0.25, 0.3) is 0 Å². The number of esters is 2. The summed E-state index contributed by atoms with van der Waals surface area (Å²) in [7, 11) is 0. The van der Waals surface area contributed by atoms with Gasteiger partial charge < -0.3 is 9.47 Å². The first-order valence-electron chi connectivity index (χ1n) is 12.7. The summed E-state index contributed by atoms with van der Waals surface area (Å²) in [6, 6.07) is 0. The zero-order valence-electron chi connectivity index (χ0n) is 21.4. The maximum Gasteiger partial charge on any atom is 0.312 e. The number of carbonyl (C=O) groups is 2. The SMILES string of the molecule is CC(C)(C)COC(=O)C(C1CCCCC1)C(C)(C(=O)OCC(C)(C)C)C1CCCCC1. The molecule has 2 atom stereocenters. The highest BCUT2D eigenvalue weighted by Gasteiger charge is 2.55. The molecule has 0 bridgehead atoms. The second-order valence-electron chi connectivity index (χ2n) is 12.8. The molecule has 2 unspecified atom stereocenters. The van der Waals surface area contributed by atoms with Crippen molar-refractivity contribution in [3.63, 3.8) is 0 Å². The van der Waals surface area contributed by atoms with Gasteiger partial charge in [-0.25, -0.2) is 0 Å². The summed E-state index contributed by atoms with van der Waals surface area (Å²) in [6.45, 7) is 15.3. The molecule has 0 aromatic heterocycles. The van der Waals surface area contributed by atoms with E-state index >= 15 is 0 Å². The van der Waals surface area contributed by atoms with Crippen LogP contribution in [0.2, 0.25) is 0 Å². The molecule has 2 aliphatic carbocycles. The highest BCUT2D eigenvalue weighted by molar-refractivity contribution is 5.86. The molecule has 0 radical (unpaired) electrons. The molecule has 0 spiro atoms. The molecular weight excluding hydrogens is 388 g/mol. The van der Waals surface area contributed by atoms with Gasteiger partial charge in [0.15, 0.2) is 0 Å². The van der Waals surface area contributed by atoms with E-state index in [0.29, 0.717) is 13.2 Å². The zero-order valence-corrected chi connectivity index (χ0v) is 21.4. The number of ether oxygens (including phenoxy) is 2. The van der Waals surface area contributed by atoms with E-state index in [1.54, 1.807) is 0 Å². The van der Waals surface area contributed by atoms with E-state index in [9.17, 15) is 9.59 Å². The van der Waals surface area contributed by atoms with Crippen LogP contribution in [0.1, 0.15) is 113 Å². The van der Waals surface area contributed by atoms with Gasteiger partial charge in [-0.05, 0) is 55.3 Å². The minimum Gasteiger partial charge on any atom is -0.465 e. The van der Waals surface area contributed by atoms with Gasteiger partial charge in [-0.3, -0.25) is 9.59 Å². The smallest absolute Gasteiger partial charge is 0.312 e. The molecule has 2 fully saturated rings. The molecule has 0 aromatic rings. The first kappa shape index (κ1) is 26.2. The Bertz CT molecular complexity index is 585. The van der Waals surface area contributed by atoms with Gasteiger partial charge in [-0.1, -0.05) is 80.1 Å². The third kappa shape index (κ3) is 7.49. The van der Waals surface area contributed by atoms with Crippen LogP contribution in [0, 0.1) is 34.0 Å². The Balaban J connectivity index is 2.40. The van der Waals surface area contributed by atoms with Crippen LogP contribution in [0.3, 0.4) is 0 Å². The predicted molar refractivity (Wildman–Crippen MR) is 126 cm³/mol. The van der Waals surface area contributed by atoms with Crippen LogP contribution < -0.4 is 0 Å². The molecule has 4 nitrogen and oxygen atoms in total. The van der Waals surface area contributed by atoms with Crippen LogP contribution in [0.4, 0.5) is 0 Å². The van der Waals surface area contributed by atoms with Crippen LogP contribution in [-0.4, -0.2) is 25.2 Å². The topological polar surface area (TPSA) is 52.6 Å². The van der Waals surface area contributed by atoms with Crippen LogP contribution in [0.5, 0.6) is 0 Å². The average Bonchev–Trinajstić information content (AvgIpc) is 2.71. The highest BCUT2D eigenvalue weighted by Crippen LogP contribution is 2.50. The lowest BCUT2D eigenvalue weighted by molar-refractivity contribution is -0.181. The quantitative estimate of drug-likeness (QED) is 0.405. The van der Waals surface area contributed by atoms with E-state index in [-0.39, 0.29) is 34.6 Å². The number of hydrogen-bond donors (Lipinski definition) is 0. The van der Waals surface area contributed by atoms with E-state index in [0.717, 1.165) is 51.4 Å². The molecule has 0 aliphatic heterocycles. The molecule has 180 valence electrons. The van der Waals surface area contributed by atoms with Crippen molar-refractivity contribution in [2.24, 2.45) is 34.0 Å². The Kier molecular flexibility index (Phi) is 9.05. The first-order valence-corrected chi connectivity index (χ1v) is 12.7. The van der Waals surface area contributed by atoms with E-state index in [1.165, 1.54) is 12.8 Å². The maximum absolute atomic E-state index is 13.8. The molecule has 0 amide bonds. The third-order valence-electron chi connectivity index (χ3n) is 7.20. The Morgan fingerprint density at radius 2 is 1.16 bits per heavy atom. The van der Waals surface area contributed by atoms with Crippen molar-refractivity contribution in [2.45, 2.75) is 113 Å². The molecule has 4 heteroatoms. The van der Waals surface area contributed by atoms with Crippen molar-refractivity contribution < 1.29 is 19.1 Å². The van der Waals surface area contributed by atoms with Crippen molar-refractivity contribution in [2.75, 3.05) is 13.2 Å². The van der Waals surface area contributed by atoms with Crippen LogP contribution >= 0.6 is 0 Å². The molecule has 0 saturated heterocycles. The van der Waals surface area contributed by atoms with E-state index in [1.807, 2.05) is 6.92 Å². The molecule has 31 heavy (non-hydrogen) atoms. The standard InChI is InChI=1S/C27H48O4/c1-25(2,3)18-30-23(28)22(20-14-10-8-11-15-20)27(7,21-16-12-9-13-17-21)24(29)31-19-26(4,5)6/h20-22H,8-19H2,1-7H3. The van der Waals surface area contributed by atoms with Gasteiger partial charge >= 0.3 is 11.9 Å². The van der Waals surface area contributed by atoms with Gasteiger partial charge in [-0.15, -0.1) is 0 Å². The van der Waals surface area contributed by atoms with Gasteiger partial charge in [0, 0.05) is 0 Å². The number of hydrogen-bond acceptors (Lipinski definition) is 4. The van der Waals surface area contributed by atoms with Crippen molar-refractivity contribution in [3.05, 3.63) is 0 Å². The summed E-state index contributed by atoms with van der Waals surface area (Å²) in [5, 5.41) is 0. The fourth-order valence-corrected chi connectivity index (χ4v) is 5.46. The lowest BCUT2D eigenvalue weighted by atomic mass is 9.58. The Morgan fingerprint density at radius 3 is 1.65 bits per heavy atom. The van der Waals surface area contributed by atoms with Crippen molar-refractivity contribution >= 4 is 11.9 Å². The maximum atomic E-state index is 13.8. The molecular formula is C27H48O4. The summed E-state index contributed by atoms with van der Waals surface area (Å²) >= 11 is 0. The average molecular weight is 437 g/mol. The summed E-state index contributed by atoms with van der Waals surface area (Å²) in [4.78, 5) is 27.4.